The SMILES string of the molecule is C.C.C.C.C.C.CCCC1NCCC1NCCO.CCCC1NCCC1NCCS.CCCCNCCCNCCO.O.O.O.O.O.O.O.O.O.O=S(=O)(O)O.O=S(=O)(O)O.O=[P+]([O-])OO.[HH]. The average Bonchev–Trinajstić information content (AvgIpc) is 3.69. The Hall–Kier alpha value is -0.610. The number of aliphatic hydroxyl groups is 2. The van der Waals surface area contributed by atoms with E-state index in [1.165, 1.54) is 57.9 Å². The van der Waals surface area contributed by atoms with Gasteiger partial charge in [-0.3, -0.25) is 18.2 Å². The summed E-state index contributed by atoms with van der Waals surface area (Å²) in [4.78, 5) is 8.93. The molecule has 0 aromatic rings. The van der Waals surface area contributed by atoms with Gasteiger partial charge < -0.3 is 96.3 Å². The molecule has 2 aliphatic rings. The van der Waals surface area contributed by atoms with Crippen molar-refractivity contribution in [1.82, 2.24) is 31.9 Å². The van der Waals surface area contributed by atoms with Crippen LogP contribution in [-0.4, -0.2) is 195 Å². The smallest absolute Gasteiger partial charge is 0.521 e. The van der Waals surface area contributed by atoms with Crippen molar-refractivity contribution in [3.05, 3.63) is 0 Å². The molecule has 0 aliphatic carbocycles. The van der Waals surface area contributed by atoms with E-state index in [1.807, 2.05) is 0 Å². The molecule has 434 valence electrons. The molecule has 2 heterocycles. The first-order valence-electron chi connectivity index (χ1n) is 17.0. The Balaban J connectivity index is -0.0000000217. The minimum atomic E-state index is -4.67. The van der Waals surface area contributed by atoms with Gasteiger partial charge in [-0.15, -0.1) is 0 Å². The molecule has 2 aliphatic heterocycles. The first kappa shape index (κ1) is 126. The van der Waals surface area contributed by atoms with Crippen molar-refractivity contribution in [1.29, 1.82) is 0 Å². The number of thiol groups is 1. The Morgan fingerprint density at radius 1 is 0.606 bits per heavy atom. The minimum Gasteiger partial charge on any atom is -0.565 e. The summed E-state index contributed by atoms with van der Waals surface area (Å²) >= 11 is 4.19. The highest BCUT2D eigenvalue weighted by atomic mass is 32.3. The van der Waals surface area contributed by atoms with Crippen LogP contribution in [0.5, 0.6) is 0 Å². The van der Waals surface area contributed by atoms with Gasteiger partial charge >= 0.3 is 29.1 Å². The van der Waals surface area contributed by atoms with Gasteiger partial charge in [0.15, 0.2) is 0 Å². The fourth-order valence-corrected chi connectivity index (χ4v) is 4.85. The number of aliphatic hydroxyl groups excluding tert-OH is 2. The highest BCUT2D eigenvalue weighted by Gasteiger charge is 2.25. The Bertz CT molecular complexity index is 910. The van der Waals surface area contributed by atoms with Crippen molar-refractivity contribution in [2.75, 3.05) is 71.3 Å². The monoisotopic (exact) mass is 1090 g/mol. The predicted molar refractivity (Wildman–Crippen MR) is 274 cm³/mol. The van der Waals surface area contributed by atoms with Gasteiger partial charge in [-0.05, 0) is 75.8 Å². The van der Waals surface area contributed by atoms with Crippen LogP contribution in [-0.2, 0) is 30.0 Å². The van der Waals surface area contributed by atoms with Crippen LogP contribution in [0.25, 0.3) is 0 Å². The minimum absolute atomic E-state index is 0. The van der Waals surface area contributed by atoms with E-state index >= 15 is 0 Å². The summed E-state index contributed by atoms with van der Waals surface area (Å²) in [6.45, 7) is 15.1. The maximum atomic E-state index is 8.93. The highest BCUT2D eigenvalue weighted by Crippen LogP contribution is 2.12. The van der Waals surface area contributed by atoms with Crippen LogP contribution in [0.1, 0.15) is 125 Å². The van der Waals surface area contributed by atoms with Gasteiger partial charge in [0.1, 0.15) is 0 Å². The van der Waals surface area contributed by atoms with Gasteiger partial charge in [-0.25, -0.2) is 5.26 Å². The lowest BCUT2D eigenvalue weighted by Gasteiger charge is -2.19. The lowest BCUT2D eigenvalue weighted by Crippen LogP contribution is -2.41. The molecule has 31 N–H and O–H groups in total. The van der Waals surface area contributed by atoms with Crippen molar-refractivity contribution < 1.29 is 115 Å². The average molecular weight is 1090 g/mol. The second-order valence-corrected chi connectivity index (χ2v) is 13.8. The van der Waals surface area contributed by atoms with E-state index in [0.717, 1.165) is 58.0 Å². The fourth-order valence-electron chi connectivity index (χ4n) is 4.72. The summed E-state index contributed by atoms with van der Waals surface area (Å²) in [6, 6.07) is 2.60. The molecular weight excluding hydrogens is 976 g/mol. The van der Waals surface area contributed by atoms with Crippen molar-refractivity contribution >= 4 is 41.7 Å². The molecular formula is C33H111N6O23PS3. The second-order valence-electron chi connectivity index (χ2n) is 11.0. The van der Waals surface area contributed by atoms with E-state index in [2.05, 4.69) is 70.0 Å². The van der Waals surface area contributed by atoms with E-state index in [-0.39, 0.29) is 108 Å². The van der Waals surface area contributed by atoms with Gasteiger partial charge in [0.25, 0.3) is 0 Å². The van der Waals surface area contributed by atoms with Crippen LogP contribution in [0.15, 0.2) is 0 Å². The van der Waals surface area contributed by atoms with Crippen molar-refractivity contribution in [3.63, 3.8) is 0 Å². The van der Waals surface area contributed by atoms with Crippen LogP contribution in [0.2, 0.25) is 0 Å². The fraction of sp³-hybridized carbons (Fsp3) is 1.00. The number of nitrogens with one attached hydrogen (secondary N) is 6. The Labute approximate surface area is 406 Å². The molecule has 0 spiro atoms. The molecule has 0 saturated carbocycles. The molecule has 5 unspecified atom stereocenters. The summed E-state index contributed by atoms with van der Waals surface area (Å²) in [6.07, 6.45) is 11.2. The summed E-state index contributed by atoms with van der Waals surface area (Å²) in [7, 11) is -12.4. The topological polar surface area (TPSA) is 615 Å². The van der Waals surface area contributed by atoms with Gasteiger partial charge in [-0.2, -0.15) is 29.5 Å². The number of hydrogen-bond donors (Lipinski definition) is 14. The first-order chi connectivity index (χ1) is 23.9. The maximum absolute atomic E-state index is 8.93. The predicted octanol–water partition coefficient (Wildman–Crippen LogP) is -3.69. The van der Waals surface area contributed by atoms with Gasteiger partial charge in [0.2, 0.25) is 0 Å². The zero-order chi connectivity index (χ0) is 40.0. The molecule has 29 nitrogen and oxygen atoms in total. The van der Waals surface area contributed by atoms with E-state index in [1.54, 1.807) is 0 Å². The van der Waals surface area contributed by atoms with Crippen LogP contribution in [0, 0.1) is 0 Å². The quantitative estimate of drug-likeness (QED) is 0.0139. The molecule has 2 fully saturated rings. The zero-order valence-electron chi connectivity index (χ0n) is 34.7. The first-order valence-corrected chi connectivity index (χ1v) is 21.5. The standard InChI is InChI=1S/C9H20N2O.C9H22N2O.C9H20N2S.6CH4.HO4P.2H2O4S.9H2O.H2/c1-2-3-8-9(4-5-10-8)11-6-7-12;1-2-3-5-10-6-4-7-11-8-9-12;1-2-3-8-9(4-5-10-8)11-6-7-12;;;;;;;1-4-5(2)3;2*1-5(2,3)4;;;;;;;;;;/h8-12H,2-7H2,1H3;10-12H,2-9H2,1H3;8-12H,2-7H2,1H3;6*1H4;1H;2*(H2,1,2,3,4);9*1H2;1H. The van der Waals surface area contributed by atoms with Gasteiger partial charge in [-0.1, -0.05) is 84.6 Å². The lowest BCUT2D eigenvalue weighted by molar-refractivity contribution is -0.244. The highest BCUT2D eigenvalue weighted by molar-refractivity contribution is 7.80. The van der Waals surface area contributed by atoms with E-state index < -0.39 is 29.1 Å². The van der Waals surface area contributed by atoms with E-state index in [0.29, 0.717) is 24.2 Å². The normalized spacial score (nSPS) is 15.2. The van der Waals surface area contributed by atoms with Gasteiger partial charge in [0, 0.05) is 55.7 Å². The van der Waals surface area contributed by atoms with Crippen LogP contribution in [0.3, 0.4) is 0 Å². The lowest BCUT2D eigenvalue weighted by atomic mass is 10.1. The van der Waals surface area contributed by atoms with Crippen LogP contribution in [0.4, 0.5) is 0 Å². The molecule has 0 amide bonds. The molecule has 33 heteroatoms. The third kappa shape index (κ3) is 125. The van der Waals surface area contributed by atoms with Crippen molar-refractivity contribution in [2.45, 2.75) is 147 Å². The molecule has 0 aromatic heterocycles. The van der Waals surface area contributed by atoms with E-state index in [4.69, 9.17) is 60.0 Å². The molecule has 5 atom stereocenters. The van der Waals surface area contributed by atoms with Crippen LogP contribution >= 0.6 is 20.9 Å². The molecule has 66 heavy (non-hydrogen) atoms. The van der Waals surface area contributed by atoms with E-state index in [9.17, 15) is 0 Å². The summed E-state index contributed by atoms with van der Waals surface area (Å²) in [5, 5.41) is 44.5. The molecule has 2 saturated heterocycles. The Kier molecular flexibility index (Phi) is 173. The number of unbranched alkanes of at least 4 members (excludes halogenated alkanes) is 1. The summed E-state index contributed by atoms with van der Waals surface area (Å²) in [5.41, 5.74) is 0. The molecule has 2 rings (SSSR count). The number of rotatable bonds is 20. The number of hydrogen-bond acceptors (Lipinski definition) is 17. The Morgan fingerprint density at radius 2 is 0.894 bits per heavy atom. The zero-order valence-corrected chi connectivity index (χ0v) is 38.1. The van der Waals surface area contributed by atoms with Crippen molar-refractivity contribution in [2.24, 2.45) is 0 Å². The third-order valence-electron chi connectivity index (χ3n) is 6.70. The van der Waals surface area contributed by atoms with Crippen LogP contribution < -0.4 is 36.8 Å². The summed E-state index contributed by atoms with van der Waals surface area (Å²) in [5.74, 6) is 0.940. The Morgan fingerprint density at radius 3 is 1.15 bits per heavy atom. The third-order valence-corrected chi connectivity index (χ3v) is 7.06. The van der Waals surface area contributed by atoms with Gasteiger partial charge in [0.05, 0.1) is 13.2 Å². The maximum Gasteiger partial charge on any atom is 0.521 e. The molecule has 0 aromatic carbocycles. The second kappa shape index (κ2) is 90.8. The summed E-state index contributed by atoms with van der Waals surface area (Å²) < 4.78 is 74.8. The largest absolute Gasteiger partial charge is 0.565 e. The molecule has 0 radical (unpaired) electrons. The van der Waals surface area contributed by atoms with Crippen molar-refractivity contribution in [3.8, 4) is 0 Å². The molecule has 0 bridgehead atoms.